The minimum absolute atomic E-state index is 0.181. The lowest BCUT2D eigenvalue weighted by Crippen LogP contribution is -2.12. The summed E-state index contributed by atoms with van der Waals surface area (Å²) in [5.41, 5.74) is 2.98. The van der Waals surface area contributed by atoms with E-state index in [1.165, 1.54) is 28.1 Å². The molecular formula is C18H18N6OS. The van der Waals surface area contributed by atoms with E-state index >= 15 is 0 Å². The fourth-order valence-electron chi connectivity index (χ4n) is 2.74. The van der Waals surface area contributed by atoms with Crippen LogP contribution in [0.15, 0.2) is 53.6 Å². The van der Waals surface area contributed by atoms with Crippen molar-refractivity contribution in [2.24, 2.45) is 0 Å². The van der Waals surface area contributed by atoms with Gasteiger partial charge in [-0.25, -0.2) is 9.67 Å². The lowest BCUT2D eigenvalue weighted by Gasteiger charge is -2.05. The average Bonchev–Trinajstić information content (AvgIpc) is 3.25. The van der Waals surface area contributed by atoms with Gasteiger partial charge in [0, 0.05) is 30.6 Å². The van der Waals surface area contributed by atoms with Crippen molar-refractivity contribution < 1.29 is 0 Å². The zero-order valence-corrected chi connectivity index (χ0v) is 15.3. The van der Waals surface area contributed by atoms with Gasteiger partial charge in [0.1, 0.15) is 0 Å². The van der Waals surface area contributed by atoms with Crippen molar-refractivity contribution in [3.63, 3.8) is 0 Å². The Morgan fingerprint density at radius 3 is 2.69 bits per heavy atom. The first-order chi connectivity index (χ1) is 12.6. The van der Waals surface area contributed by atoms with Crippen LogP contribution in [-0.2, 0) is 6.54 Å². The third kappa shape index (κ3) is 3.11. The molecule has 4 rings (SSSR count). The van der Waals surface area contributed by atoms with E-state index in [0.717, 1.165) is 16.9 Å². The number of para-hydroxylation sites is 1. The molecule has 0 atom stereocenters. The zero-order valence-electron chi connectivity index (χ0n) is 14.5. The van der Waals surface area contributed by atoms with E-state index in [4.69, 9.17) is 5.10 Å². The fourth-order valence-corrected chi connectivity index (χ4v) is 3.51. The largest absolute Gasteiger partial charge is 0.356 e. The molecule has 3 aromatic heterocycles. The molecule has 0 spiro atoms. The molecule has 4 aromatic rings. The molecule has 1 N–H and O–H groups in total. The topological polar surface area (TPSA) is 77.1 Å². The third-order valence-electron chi connectivity index (χ3n) is 3.99. The second-order valence-corrected chi connectivity index (χ2v) is 7.17. The van der Waals surface area contributed by atoms with Gasteiger partial charge < -0.3 is 5.32 Å². The summed E-state index contributed by atoms with van der Waals surface area (Å²) in [5, 5.41) is 13.0. The molecule has 0 aliphatic rings. The number of nitrogens with one attached hydrogen (secondary N) is 1. The Morgan fingerprint density at radius 1 is 1.15 bits per heavy atom. The minimum Gasteiger partial charge on any atom is -0.356 e. The first kappa shape index (κ1) is 16.5. The number of hydrogen-bond donors (Lipinski definition) is 1. The monoisotopic (exact) mass is 366 g/mol. The summed E-state index contributed by atoms with van der Waals surface area (Å²) in [7, 11) is 0. The maximum absolute atomic E-state index is 11.8. The van der Waals surface area contributed by atoms with Gasteiger partial charge in [-0.05, 0) is 18.1 Å². The summed E-state index contributed by atoms with van der Waals surface area (Å²) >= 11 is 1.35. The quantitative estimate of drug-likeness (QED) is 0.587. The van der Waals surface area contributed by atoms with Crippen LogP contribution in [0.4, 0.5) is 5.13 Å². The van der Waals surface area contributed by atoms with Crippen LogP contribution in [0.25, 0.3) is 10.6 Å². The van der Waals surface area contributed by atoms with Crippen LogP contribution in [-0.4, -0.2) is 24.4 Å². The fraction of sp³-hybridized carbons (Fsp3) is 0.222. The molecule has 7 nitrogen and oxygen atoms in total. The molecule has 0 amide bonds. The molecule has 0 unspecified atom stereocenters. The van der Waals surface area contributed by atoms with E-state index in [1.54, 1.807) is 0 Å². The van der Waals surface area contributed by atoms with Crippen LogP contribution >= 0.6 is 11.3 Å². The van der Waals surface area contributed by atoms with Crippen LogP contribution < -0.4 is 10.9 Å². The number of hydrogen-bond acceptors (Lipinski definition) is 6. The van der Waals surface area contributed by atoms with Gasteiger partial charge in [0.15, 0.2) is 0 Å². The summed E-state index contributed by atoms with van der Waals surface area (Å²) in [6, 6.07) is 11.4. The molecule has 3 heterocycles. The van der Waals surface area contributed by atoms with E-state index in [0.29, 0.717) is 22.6 Å². The highest BCUT2D eigenvalue weighted by atomic mass is 32.1. The van der Waals surface area contributed by atoms with Gasteiger partial charge in [0.25, 0.3) is 5.56 Å². The van der Waals surface area contributed by atoms with Gasteiger partial charge in [0.05, 0.1) is 11.4 Å². The lowest BCUT2D eigenvalue weighted by molar-refractivity contribution is 0.763. The van der Waals surface area contributed by atoms with Gasteiger partial charge in [-0.15, -0.1) is 5.10 Å². The Morgan fingerprint density at radius 2 is 1.96 bits per heavy atom. The summed E-state index contributed by atoms with van der Waals surface area (Å²) in [5.74, 6) is 0.302. The zero-order chi connectivity index (χ0) is 18.1. The Balaban J connectivity index is 1.61. The first-order valence-electron chi connectivity index (χ1n) is 8.34. The van der Waals surface area contributed by atoms with Crippen LogP contribution in [0.5, 0.6) is 0 Å². The predicted molar refractivity (Wildman–Crippen MR) is 102 cm³/mol. The molecule has 0 saturated heterocycles. The van der Waals surface area contributed by atoms with Crippen molar-refractivity contribution in [3.05, 3.63) is 70.4 Å². The van der Waals surface area contributed by atoms with Crippen molar-refractivity contribution in [3.8, 4) is 5.69 Å². The highest BCUT2D eigenvalue weighted by Crippen LogP contribution is 2.22. The van der Waals surface area contributed by atoms with Crippen LogP contribution in [0.1, 0.15) is 31.0 Å². The van der Waals surface area contributed by atoms with Crippen molar-refractivity contribution in [1.82, 2.24) is 24.4 Å². The SMILES string of the molecule is CC(C)c1nn(-c2ccccc2)cc1CNc1nn2c(=O)ccnc2s1. The van der Waals surface area contributed by atoms with E-state index in [2.05, 4.69) is 29.2 Å². The Bertz CT molecular complexity index is 1100. The smallest absolute Gasteiger partial charge is 0.275 e. The second-order valence-electron chi connectivity index (χ2n) is 6.21. The standard InChI is InChI=1S/C18H18N6OS/c1-12(2)16-13(11-23(21-16)14-6-4-3-5-7-14)10-20-17-22-24-15(25)8-9-19-18(24)26-17/h3-9,11-12H,10H2,1-2H3,(H,20,22). The molecule has 8 heteroatoms. The second kappa shape index (κ2) is 6.72. The number of nitrogens with zero attached hydrogens (tertiary/aromatic N) is 5. The van der Waals surface area contributed by atoms with Gasteiger partial charge >= 0.3 is 0 Å². The summed E-state index contributed by atoms with van der Waals surface area (Å²) in [6.07, 6.45) is 3.54. The van der Waals surface area contributed by atoms with Crippen LogP contribution in [0.2, 0.25) is 0 Å². The van der Waals surface area contributed by atoms with E-state index in [9.17, 15) is 4.79 Å². The maximum Gasteiger partial charge on any atom is 0.275 e. The molecule has 1 aromatic carbocycles. The number of rotatable bonds is 5. The number of fused-ring (bicyclic) bond motifs is 1. The van der Waals surface area contributed by atoms with Gasteiger partial charge in [0.2, 0.25) is 10.1 Å². The van der Waals surface area contributed by atoms with E-state index in [1.807, 2.05) is 41.2 Å². The predicted octanol–water partition coefficient (Wildman–Crippen LogP) is 3.07. The molecule has 0 aliphatic carbocycles. The summed E-state index contributed by atoms with van der Waals surface area (Å²) < 4.78 is 3.21. The third-order valence-corrected chi connectivity index (χ3v) is 4.87. The molecule has 0 aliphatic heterocycles. The minimum atomic E-state index is -0.181. The van der Waals surface area contributed by atoms with Crippen molar-refractivity contribution in [2.45, 2.75) is 26.3 Å². The van der Waals surface area contributed by atoms with Crippen LogP contribution in [0.3, 0.4) is 0 Å². The van der Waals surface area contributed by atoms with Crippen LogP contribution in [0, 0.1) is 0 Å². The average molecular weight is 366 g/mol. The summed E-state index contributed by atoms with van der Waals surface area (Å²) in [6.45, 7) is 4.83. The van der Waals surface area contributed by atoms with E-state index < -0.39 is 0 Å². The molecular weight excluding hydrogens is 348 g/mol. The lowest BCUT2D eigenvalue weighted by atomic mass is 10.1. The summed E-state index contributed by atoms with van der Waals surface area (Å²) in [4.78, 5) is 16.5. The van der Waals surface area contributed by atoms with Gasteiger partial charge in [-0.2, -0.15) is 9.61 Å². The van der Waals surface area contributed by atoms with Crippen molar-refractivity contribution >= 4 is 21.4 Å². The molecule has 26 heavy (non-hydrogen) atoms. The Hall–Kier alpha value is -3.00. The highest BCUT2D eigenvalue weighted by Gasteiger charge is 2.14. The number of anilines is 1. The Labute approximate surface area is 154 Å². The number of aromatic nitrogens is 5. The Kier molecular flexibility index (Phi) is 4.26. The molecule has 0 radical (unpaired) electrons. The number of benzene rings is 1. The van der Waals surface area contributed by atoms with Gasteiger partial charge in [-0.1, -0.05) is 43.4 Å². The first-order valence-corrected chi connectivity index (χ1v) is 9.16. The molecule has 0 fully saturated rings. The molecule has 0 saturated carbocycles. The van der Waals surface area contributed by atoms with Gasteiger partial charge in [-0.3, -0.25) is 4.79 Å². The van der Waals surface area contributed by atoms with Crippen molar-refractivity contribution in [1.29, 1.82) is 0 Å². The normalized spacial score (nSPS) is 11.3. The molecule has 0 bridgehead atoms. The van der Waals surface area contributed by atoms with E-state index in [-0.39, 0.29) is 5.56 Å². The van der Waals surface area contributed by atoms with Crippen molar-refractivity contribution in [2.75, 3.05) is 5.32 Å². The molecule has 132 valence electrons. The maximum atomic E-state index is 11.8. The highest BCUT2D eigenvalue weighted by molar-refractivity contribution is 7.20.